The first-order chi connectivity index (χ1) is 4.83. The van der Waals surface area contributed by atoms with Gasteiger partial charge < -0.3 is 4.89 Å². The van der Waals surface area contributed by atoms with Crippen LogP contribution in [0.3, 0.4) is 0 Å². The summed E-state index contributed by atoms with van der Waals surface area (Å²) in [5.41, 5.74) is -1.78. The van der Waals surface area contributed by atoms with Gasteiger partial charge in [0.1, 0.15) is 11.1 Å². The summed E-state index contributed by atoms with van der Waals surface area (Å²) in [6, 6.07) is 0. The molecule has 68 valence electrons. The Balaban J connectivity index is 3.91. The van der Waals surface area contributed by atoms with E-state index < -0.39 is 18.9 Å². The summed E-state index contributed by atoms with van der Waals surface area (Å²) in [7, 11) is -4.07. The number of halogens is 2. The normalized spacial score (nSPS) is 22.3. The highest BCUT2D eigenvalue weighted by Crippen LogP contribution is 2.46. The summed E-state index contributed by atoms with van der Waals surface area (Å²) in [6.45, 7) is 2.79. The third kappa shape index (κ3) is 7.06. The lowest BCUT2D eigenvalue weighted by Gasteiger charge is -2.14. The van der Waals surface area contributed by atoms with Crippen molar-refractivity contribution in [3.05, 3.63) is 0 Å². The molecule has 0 spiro atoms. The quantitative estimate of drug-likeness (QED) is 0.586. The Kier molecular flexibility index (Phi) is 4.94. The van der Waals surface area contributed by atoms with E-state index in [-0.39, 0.29) is 0 Å². The third-order valence-electron chi connectivity index (χ3n) is 0.557. The van der Waals surface area contributed by atoms with Crippen molar-refractivity contribution in [1.29, 1.82) is 0 Å². The molecule has 0 rings (SSSR count). The molecule has 11 heavy (non-hydrogen) atoms. The molecule has 0 amide bonds. The maximum absolute atomic E-state index is 10.8. The highest BCUT2D eigenvalue weighted by Gasteiger charge is 2.25. The van der Waals surface area contributed by atoms with Crippen LogP contribution >= 0.6 is 31.0 Å². The lowest BCUT2D eigenvalue weighted by atomic mass is 10.9. The van der Waals surface area contributed by atoms with Crippen LogP contribution in [0.1, 0.15) is 13.8 Å². The zero-order valence-corrected chi connectivity index (χ0v) is 8.44. The molecular weight excluding hydrogens is 214 g/mol. The van der Waals surface area contributed by atoms with E-state index in [0.717, 1.165) is 0 Å². The van der Waals surface area contributed by atoms with Crippen molar-refractivity contribution in [2.45, 2.75) is 25.0 Å². The number of phosphoric acid groups is 1. The Labute approximate surface area is 75.0 Å². The first-order valence-electron chi connectivity index (χ1n) is 2.81. The van der Waals surface area contributed by atoms with Gasteiger partial charge in [0.25, 0.3) is 0 Å². The summed E-state index contributed by atoms with van der Waals surface area (Å²) >= 11 is 10.5. The van der Waals surface area contributed by atoms with Crippen molar-refractivity contribution >= 4 is 31.0 Å². The first kappa shape index (κ1) is 11.7. The fourth-order valence-electron chi connectivity index (χ4n) is 0.392. The van der Waals surface area contributed by atoms with Crippen molar-refractivity contribution in [2.24, 2.45) is 0 Å². The van der Waals surface area contributed by atoms with Gasteiger partial charge in [0, 0.05) is 0 Å². The molecule has 0 saturated carbocycles. The maximum atomic E-state index is 10.8. The second-order valence-electron chi connectivity index (χ2n) is 1.77. The van der Waals surface area contributed by atoms with E-state index in [1.807, 2.05) is 0 Å². The average molecular weight is 223 g/mol. The Hall–Kier alpha value is 0.690. The van der Waals surface area contributed by atoms with Gasteiger partial charge in [0.05, 0.1) is 0 Å². The van der Waals surface area contributed by atoms with E-state index in [2.05, 4.69) is 9.05 Å². The van der Waals surface area contributed by atoms with Crippen LogP contribution < -0.4 is 0 Å². The zero-order chi connectivity index (χ0) is 9.07. The second-order valence-corrected chi connectivity index (χ2v) is 4.35. The molecule has 0 fully saturated rings. The van der Waals surface area contributed by atoms with Gasteiger partial charge in [-0.1, -0.05) is 23.2 Å². The fraction of sp³-hybridized carbons (Fsp3) is 1.00. The van der Waals surface area contributed by atoms with Crippen molar-refractivity contribution in [3.63, 3.8) is 0 Å². The highest BCUT2D eigenvalue weighted by atomic mass is 35.5. The molecule has 1 N–H and O–H groups in total. The Morgan fingerprint density at radius 1 is 1.27 bits per heavy atom. The lowest BCUT2D eigenvalue weighted by molar-refractivity contribution is 0.136. The molecule has 0 aliphatic carbocycles. The smallest absolute Gasteiger partial charge is 0.302 e. The molecule has 2 atom stereocenters. The molecule has 0 aliphatic rings. The van der Waals surface area contributed by atoms with E-state index in [1.54, 1.807) is 0 Å². The number of hydrogen-bond donors (Lipinski definition) is 1. The summed E-state index contributed by atoms with van der Waals surface area (Å²) in [4.78, 5) is 8.80. The highest BCUT2D eigenvalue weighted by molar-refractivity contribution is 7.47. The van der Waals surface area contributed by atoms with E-state index in [1.165, 1.54) is 13.8 Å². The maximum Gasteiger partial charge on any atom is 0.475 e. The molecule has 0 radical (unpaired) electrons. The minimum absolute atomic E-state index is 0.888. The molecule has 0 saturated heterocycles. The van der Waals surface area contributed by atoms with Crippen molar-refractivity contribution in [3.8, 4) is 0 Å². The predicted octanol–water partition coefficient (Wildman–Crippen LogP) is 2.29. The predicted molar refractivity (Wildman–Crippen MR) is 42.6 cm³/mol. The van der Waals surface area contributed by atoms with Crippen LogP contribution in [0.4, 0.5) is 0 Å². The molecule has 0 heterocycles. The van der Waals surface area contributed by atoms with Gasteiger partial charge in [-0.25, -0.2) is 4.57 Å². The van der Waals surface area contributed by atoms with Crippen molar-refractivity contribution in [1.82, 2.24) is 0 Å². The topological polar surface area (TPSA) is 55.8 Å². The summed E-state index contributed by atoms with van der Waals surface area (Å²) < 4.78 is 19.4. The molecule has 0 bridgehead atoms. The van der Waals surface area contributed by atoms with Gasteiger partial charge in [0.2, 0.25) is 0 Å². The van der Waals surface area contributed by atoms with Crippen LogP contribution in [0.5, 0.6) is 0 Å². The number of alkyl halides is 2. The van der Waals surface area contributed by atoms with E-state index in [9.17, 15) is 4.57 Å². The summed E-state index contributed by atoms with van der Waals surface area (Å²) in [5.74, 6) is 0. The molecule has 4 nitrogen and oxygen atoms in total. The van der Waals surface area contributed by atoms with Gasteiger partial charge >= 0.3 is 7.82 Å². The Morgan fingerprint density at radius 3 is 1.73 bits per heavy atom. The number of hydrogen-bond acceptors (Lipinski definition) is 3. The zero-order valence-electron chi connectivity index (χ0n) is 6.03. The Bertz CT molecular complexity index is 146. The van der Waals surface area contributed by atoms with Crippen LogP contribution in [-0.4, -0.2) is 16.0 Å². The number of phosphoric ester groups is 1. The Morgan fingerprint density at radius 2 is 1.55 bits per heavy atom. The van der Waals surface area contributed by atoms with Crippen LogP contribution in [0, 0.1) is 0 Å². The minimum atomic E-state index is -4.07. The summed E-state index contributed by atoms with van der Waals surface area (Å²) in [5, 5.41) is 0. The average Bonchev–Trinajstić information content (AvgIpc) is 1.53. The molecule has 2 unspecified atom stereocenters. The van der Waals surface area contributed by atoms with Crippen LogP contribution in [-0.2, 0) is 13.6 Å². The second kappa shape index (κ2) is 4.65. The standard InChI is InChI=1S/C4H9Cl2O4P/c1-3(5)9-11(7,8)10-4(2)6/h3-4H,1-2H3,(H,7,8). The molecule has 0 aromatic heterocycles. The molecule has 0 aromatic carbocycles. The molecule has 7 heteroatoms. The van der Waals surface area contributed by atoms with Gasteiger partial charge in [-0.3, -0.25) is 9.05 Å². The van der Waals surface area contributed by atoms with Crippen molar-refractivity contribution in [2.75, 3.05) is 0 Å². The van der Waals surface area contributed by atoms with Crippen LogP contribution in [0.25, 0.3) is 0 Å². The molecule has 0 aromatic rings. The summed E-state index contributed by atoms with van der Waals surface area (Å²) in [6.07, 6.45) is 0. The SMILES string of the molecule is CC(Cl)OP(=O)(O)OC(C)Cl. The van der Waals surface area contributed by atoms with Gasteiger partial charge in [-0.15, -0.1) is 0 Å². The van der Waals surface area contributed by atoms with Gasteiger partial charge in [0.15, 0.2) is 0 Å². The lowest BCUT2D eigenvalue weighted by Crippen LogP contribution is -2.03. The van der Waals surface area contributed by atoms with Crippen molar-refractivity contribution < 1.29 is 18.5 Å². The monoisotopic (exact) mass is 222 g/mol. The van der Waals surface area contributed by atoms with Crippen LogP contribution in [0.2, 0.25) is 0 Å². The van der Waals surface area contributed by atoms with E-state index in [0.29, 0.717) is 0 Å². The molecule has 0 aliphatic heterocycles. The van der Waals surface area contributed by atoms with Gasteiger partial charge in [-0.05, 0) is 13.8 Å². The molecular formula is C4H9Cl2O4P. The third-order valence-corrected chi connectivity index (χ3v) is 2.15. The van der Waals surface area contributed by atoms with E-state index in [4.69, 9.17) is 28.1 Å². The largest absolute Gasteiger partial charge is 0.475 e. The van der Waals surface area contributed by atoms with Gasteiger partial charge in [-0.2, -0.15) is 0 Å². The van der Waals surface area contributed by atoms with E-state index >= 15 is 0 Å². The number of rotatable bonds is 4. The first-order valence-corrected chi connectivity index (χ1v) is 5.18. The fourth-order valence-corrected chi connectivity index (χ4v) is 1.78. The minimum Gasteiger partial charge on any atom is -0.302 e. The van der Waals surface area contributed by atoms with Crippen LogP contribution in [0.15, 0.2) is 0 Å².